The van der Waals surface area contributed by atoms with Crippen LogP contribution in [0.15, 0.2) is 36.4 Å². The van der Waals surface area contributed by atoms with Crippen LogP contribution in [-0.4, -0.2) is 25.5 Å². The van der Waals surface area contributed by atoms with Crippen molar-refractivity contribution in [2.45, 2.75) is 66.7 Å². The van der Waals surface area contributed by atoms with Crippen molar-refractivity contribution in [3.8, 4) is 5.75 Å². The Morgan fingerprint density at radius 1 is 0.871 bits per heavy atom. The maximum Gasteiger partial charge on any atom is 0.338 e. The van der Waals surface area contributed by atoms with Gasteiger partial charge in [0.2, 0.25) is 0 Å². The summed E-state index contributed by atoms with van der Waals surface area (Å²) in [7, 11) is 1.40. The molecule has 0 aliphatic heterocycles. The molecule has 4 nitrogen and oxygen atoms in total. The van der Waals surface area contributed by atoms with E-state index in [0.717, 1.165) is 29.7 Å². The van der Waals surface area contributed by atoms with E-state index in [1.807, 2.05) is 52.8 Å². The molecule has 31 heavy (non-hydrogen) atoms. The van der Waals surface area contributed by atoms with Gasteiger partial charge in [-0.05, 0) is 61.1 Å². The minimum absolute atomic E-state index is 0.0740. The third-order valence-corrected chi connectivity index (χ3v) is 6.31. The number of Topliss-reactive ketones (excluding diaryl/α,β-unsaturated/α-hetero) is 1. The summed E-state index contributed by atoms with van der Waals surface area (Å²) < 4.78 is 10.7. The summed E-state index contributed by atoms with van der Waals surface area (Å²) in [6, 6.07) is 12.2. The molecular weight excluding hydrogens is 388 g/mol. The summed E-state index contributed by atoms with van der Waals surface area (Å²) in [4.78, 5) is 24.2. The number of carbonyl (C=O) groups is 2. The summed E-state index contributed by atoms with van der Waals surface area (Å²) >= 11 is 0. The number of ketones is 1. The standard InChI is InChI=1S/C27H36O4/c1-9-27(10-2,20-11-13-22(18(3)15-20)25(29)30-8)21-12-14-23(19(4)16-21)31-17-24(28)26(5,6)7/h11-16H,9-10,17H2,1-8H3. The summed E-state index contributed by atoms with van der Waals surface area (Å²) in [5.74, 6) is 0.498. The van der Waals surface area contributed by atoms with E-state index in [0.29, 0.717) is 5.56 Å². The van der Waals surface area contributed by atoms with Gasteiger partial charge in [-0.3, -0.25) is 4.79 Å². The van der Waals surface area contributed by atoms with Crippen LogP contribution in [0.2, 0.25) is 0 Å². The van der Waals surface area contributed by atoms with Crippen molar-refractivity contribution < 1.29 is 19.1 Å². The molecule has 0 saturated heterocycles. The van der Waals surface area contributed by atoms with Crippen molar-refractivity contribution in [2.24, 2.45) is 5.41 Å². The second-order valence-electron chi connectivity index (χ2n) is 9.25. The average Bonchev–Trinajstić information content (AvgIpc) is 2.73. The molecule has 0 N–H and O–H groups in total. The number of rotatable bonds is 8. The minimum Gasteiger partial charge on any atom is -0.486 e. The Bertz CT molecular complexity index is 946. The lowest BCUT2D eigenvalue weighted by Crippen LogP contribution is -2.27. The van der Waals surface area contributed by atoms with Crippen LogP contribution < -0.4 is 4.74 Å². The van der Waals surface area contributed by atoms with E-state index in [-0.39, 0.29) is 23.8 Å². The first kappa shape index (κ1) is 24.6. The third kappa shape index (κ3) is 5.17. The molecule has 0 spiro atoms. The molecule has 168 valence electrons. The molecule has 0 unspecified atom stereocenters. The summed E-state index contributed by atoms with van der Waals surface area (Å²) in [5, 5.41) is 0. The summed E-state index contributed by atoms with van der Waals surface area (Å²) in [5.41, 5.74) is 4.30. The monoisotopic (exact) mass is 424 g/mol. The van der Waals surface area contributed by atoms with Gasteiger partial charge in [0.1, 0.15) is 12.4 Å². The van der Waals surface area contributed by atoms with Gasteiger partial charge in [-0.2, -0.15) is 0 Å². The van der Waals surface area contributed by atoms with Gasteiger partial charge in [0.05, 0.1) is 12.7 Å². The lowest BCUT2D eigenvalue weighted by atomic mass is 9.70. The van der Waals surface area contributed by atoms with Crippen molar-refractivity contribution in [3.63, 3.8) is 0 Å². The van der Waals surface area contributed by atoms with Crippen LogP contribution in [0.25, 0.3) is 0 Å². The topological polar surface area (TPSA) is 52.6 Å². The molecular formula is C27H36O4. The molecule has 0 aliphatic rings. The quantitative estimate of drug-likeness (QED) is 0.474. The highest BCUT2D eigenvalue weighted by Gasteiger charge is 2.32. The SMILES string of the molecule is CCC(CC)(c1ccc(OCC(=O)C(C)(C)C)c(C)c1)c1ccc(C(=O)OC)c(C)c1. The van der Waals surface area contributed by atoms with Gasteiger partial charge in [0, 0.05) is 10.8 Å². The number of methoxy groups -OCH3 is 1. The third-order valence-electron chi connectivity index (χ3n) is 6.31. The van der Waals surface area contributed by atoms with Crippen LogP contribution in [0.1, 0.15) is 80.1 Å². The highest BCUT2D eigenvalue weighted by atomic mass is 16.5. The molecule has 2 rings (SSSR count). The highest BCUT2D eigenvalue weighted by Crippen LogP contribution is 2.41. The first-order valence-corrected chi connectivity index (χ1v) is 11.0. The van der Waals surface area contributed by atoms with Gasteiger partial charge >= 0.3 is 5.97 Å². The predicted octanol–water partition coefficient (Wildman–Crippen LogP) is 6.19. The number of esters is 1. The van der Waals surface area contributed by atoms with Crippen molar-refractivity contribution in [1.82, 2.24) is 0 Å². The molecule has 2 aromatic carbocycles. The molecule has 0 aliphatic carbocycles. The fourth-order valence-electron chi connectivity index (χ4n) is 4.00. The Morgan fingerprint density at radius 3 is 1.87 bits per heavy atom. The van der Waals surface area contributed by atoms with Crippen LogP contribution >= 0.6 is 0 Å². The molecule has 0 fully saturated rings. The second-order valence-corrected chi connectivity index (χ2v) is 9.25. The Labute approximate surface area is 187 Å². The van der Waals surface area contributed by atoms with Crippen LogP contribution in [-0.2, 0) is 14.9 Å². The number of carbonyl (C=O) groups excluding carboxylic acids is 2. The van der Waals surface area contributed by atoms with Gasteiger partial charge in [0.15, 0.2) is 5.78 Å². The van der Waals surface area contributed by atoms with E-state index in [1.54, 1.807) is 0 Å². The van der Waals surface area contributed by atoms with E-state index < -0.39 is 5.41 Å². The van der Waals surface area contributed by atoms with E-state index in [1.165, 1.54) is 18.2 Å². The molecule has 0 saturated carbocycles. The number of hydrogen-bond donors (Lipinski definition) is 0. The van der Waals surface area contributed by atoms with Crippen molar-refractivity contribution in [2.75, 3.05) is 13.7 Å². The minimum atomic E-state index is -0.415. The normalized spacial score (nSPS) is 11.9. The number of ether oxygens (including phenoxy) is 2. The lowest BCUT2D eigenvalue weighted by molar-refractivity contribution is -0.128. The largest absolute Gasteiger partial charge is 0.486 e. The van der Waals surface area contributed by atoms with E-state index in [4.69, 9.17) is 9.47 Å². The first-order valence-electron chi connectivity index (χ1n) is 11.0. The second kappa shape index (κ2) is 9.67. The van der Waals surface area contributed by atoms with E-state index in [9.17, 15) is 9.59 Å². The Kier molecular flexibility index (Phi) is 7.69. The van der Waals surface area contributed by atoms with Gasteiger partial charge in [-0.15, -0.1) is 0 Å². The fourth-order valence-corrected chi connectivity index (χ4v) is 4.00. The maximum absolute atomic E-state index is 12.2. The average molecular weight is 425 g/mol. The lowest BCUT2D eigenvalue weighted by Gasteiger charge is -2.34. The Balaban J connectivity index is 2.41. The van der Waals surface area contributed by atoms with Crippen molar-refractivity contribution >= 4 is 11.8 Å². The van der Waals surface area contributed by atoms with Gasteiger partial charge < -0.3 is 9.47 Å². The molecule has 0 amide bonds. The van der Waals surface area contributed by atoms with Gasteiger partial charge in [-0.25, -0.2) is 4.79 Å². The zero-order valence-corrected chi connectivity index (χ0v) is 20.2. The van der Waals surface area contributed by atoms with Crippen LogP contribution in [0, 0.1) is 19.3 Å². The van der Waals surface area contributed by atoms with Crippen LogP contribution in [0.3, 0.4) is 0 Å². The molecule has 0 atom stereocenters. The van der Waals surface area contributed by atoms with Gasteiger partial charge in [-0.1, -0.05) is 58.9 Å². The molecule has 4 heteroatoms. The molecule has 2 aromatic rings. The number of hydrogen-bond acceptors (Lipinski definition) is 4. The fraction of sp³-hybridized carbons (Fsp3) is 0.481. The van der Waals surface area contributed by atoms with E-state index in [2.05, 4.69) is 32.0 Å². The highest BCUT2D eigenvalue weighted by molar-refractivity contribution is 5.91. The Morgan fingerprint density at radius 2 is 1.42 bits per heavy atom. The van der Waals surface area contributed by atoms with Crippen LogP contribution in [0.5, 0.6) is 5.75 Å². The zero-order valence-electron chi connectivity index (χ0n) is 20.2. The van der Waals surface area contributed by atoms with Crippen LogP contribution in [0.4, 0.5) is 0 Å². The molecule has 0 bridgehead atoms. The molecule has 0 radical (unpaired) electrons. The van der Waals surface area contributed by atoms with Crippen molar-refractivity contribution in [3.05, 3.63) is 64.2 Å². The molecule has 0 aromatic heterocycles. The zero-order chi connectivity index (χ0) is 23.4. The van der Waals surface area contributed by atoms with Gasteiger partial charge in [0.25, 0.3) is 0 Å². The van der Waals surface area contributed by atoms with Crippen molar-refractivity contribution in [1.29, 1.82) is 0 Å². The Hall–Kier alpha value is -2.62. The maximum atomic E-state index is 12.2. The first-order chi connectivity index (χ1) is 14.5. The predicted molar refractivity (Wildman–Crippen MR) is 125 cm³/mol. The summed E-state index contributed by atoms with van der Waals surface area (Å²) in [6.07, 6.45) is 1.84. The number of aryl methyl sites for hydroxylation is 2. The molecule has 0 heterocycles. The summed E-state index contributed by atoms with van der Waals surface area (Å²) in [6.45, 7) is 14.1. The smallest absolute Gasteiger partial charge is 0.338 e. The van der Waals surface area contributed by atoms with E-state index >= 15 is 0 Å². The number of benzene rings is 2.